The Kier molecular flexibility index (Phi) is 2.79. The Hall–Kier alpha value is -2.13. The summed E-state index contributed by atoms with van der Waals surface area (Å²) in [6.45, 7) is 6.83. The van der Waals surface area contributed by atoms with Crippen LogP contribution >= 0.6 is 11.8 Å². The first kappa shape index (κ1) is 14.2. The lowest BCUT2D eigenvalue weighted by atomic mass is 9.87. The summed E-state index contributed by atoms with van der Waals surface area (Å²) in [4.78, 5) is 10.8. The van der Waals surface area contributed by atoms with Gasteiger partial charge in [0.05, 0.1) is 16.1 Å². The van der Waals surface area contributed by atoms with Crippen LogP contribution in [-0.4, -0.2) is 9.97 Å². The van der Waals surface area contributed by atoms with Crippen molar-refractivity contribution < 1.29 is 0 Å². The number of hydrogen-bond donors (Lipinski definition) is 0. The number of aromatic nitrogens is 2. The zero-order valence-corrected chi connectivity index (χ0v) is 14.8. The van der Waals surface area contributed by atoms with E-state index in [0.717, 1.165) is 5.69 Å². The molecule has 0 fully saturated rings. The Bertz CT molecular complexity index is 991. The standard InChI is InChI=1S/C21H18N2S/c1-12-13-6-4-10-22-19(13)14-8-9-16-18(17(12)14)15-7-5-11-23-20(15)21(2,3)24-16/h4-12H,1-3H3. The second kappa shape index (κ2) is 4.70. The maximum atomic E-state index is 4.73. The topological polar surface area (TPSA) is 25.8 Å². The first-order chi connectivity index (χ1) is 11.6. The Morgan fingerprint density at radius 1 is 0.958 bits per heavy atom. The second-order valence-corrected chi connectivity index (χ2v) is 8.74. The fraction of sp³-hybridized carbons (Fsp3) is 0.238. The summed E-state index contributed by atoms with van der Waals surface area (Å²) in [5.74, 6) is 0.369. The molecular formula is C21H18N2S. The first-order valence-electron chi connectivity index (χ1n) is 8.35. The van der Waals surface area contributed by atoms with Crippen LogP contribution in [0.15, 0.2) is 53.7 Å². The zero-order valence-electron chi connectivity index (χ0n) is 14.0. The van der Waals surface area contributed by atoms with Gasteiger partial charge in [-0.2, -0.15) is 0 Å². The predicted molar refractivity (Wildman–Crippen MR) is 99.3 cm³/mol. The van der Waals surface area contributed by atoms with Crippen LogP contribution in [0.3, 0.4) is 0 Å². The summed E-state index contributed by atoms with van der Waals surface area (Å²) in [5.41, 5.74) is 9.01. The van der Waals surface area contributed by atoms with Crippen molar-refractivity contribution in [2.24, 2.45) is 0 Å². The van der Waals surface area contributed by atoms with Crippen LogP contribution in [0.5, 0.6) is 0 Å². The molecule has 2 nitrogen and oxygen atoms in total. The normalized spacial score (nSPS) is 19.2. The van der Waals surface area contributed by atoms with Crippen LogP contribution in [0.4, 0.5) is 0 Å². The van der Waals surface area contributed by atoms with Gasteiger partial charge in [0.1, 0.15) is 0 Å². The lowest BCUT2D eigenvalue weighted by Gasteiger charge is -2.33. The third kappa shape index (κ3) is 1.73. The lowest BCUT2D eigenvalue weighted by molar-refractivity contribution is 0.742. The van der Waals surface area contributed by atoms with E-state index >= 15 is 0 Å². The molecule has 0 bridgehead atoms. The van der Waals surface area contributed by atoms with Crippen molar-refractivity contribution in [1.29, 1.82) is 0 Å². The number of rotatable bonds is 0. The van der Waals surface area contributed by atoms with Crippen LogP contribution in [0.25, 0.3) is 22.4 Å². The summed E-state index contributed by atoms with van der Waals surface area (Å²) in [5, 5.41) is 0. The van der Waals surface area contributed by atoms with Gasteiger partial charge in [0.2, 0.25) is 0 Å². The third-order valence-electron chi connectivity index (χ3n) is 5.21. The number of pyridine rings is 2. The molecule has 1 aromatic carbocycles. The molecule has 1 aliphatic heterocycles. The largest absolute Gasteiger partial charge is 0.259 e. The van der Waals surface area contributed by atoms with Crippen LogP contribution in [0.2, 0.25) is 0 Å². The molecule has 2 aromatic heterocycles. The van der Waals surface area contributed by atoms with Crippen molar-refractivity contribution in [2.75, 3.05) is 0 Å². The number of nitrogens with zero attached hydrogens (tertiary/aromatic N) is 2. The van der Waals surface area contributed by atoms with E-state index in [-0.39, 0.29) is 4.75 Å². The Morgan fingerprint density at radius 3 is 2.62 bits per heavy atom. The third-order valence-corrected chi connectivity index (χ3v) is 6.48. The molecule has 1 atom stereocenters. The molecule has 1 unspecified atom stereocenters. The molecule has 1 aliphatic carbocycles. The fourth-order valence-electron chi connectivity index (χ4n) is 4.18. The van der Waals surface area contributed by atoms with Gasteiger partial charge in [-0.3, -0.25) is 9.97 Å². The molecule has 0 spiro atoms. The number of fused-ring (bicyclic) bond motifs is 7. The average Bonchev–Trinajstić information content (AvgIpc) is 2.88. The molecule has 3 aromatic rings. The Morgan fingerprint density at radius 2 is 1.75 bits per heavy atom. The smallest absolute Gasteiger partial charge is 0.0743 e. The van der Waals surface area contributed by atoms with Gasteiger partial charge in [0.15, 0.2) is 0 Å². The number of thioether (sulfide) groups is 1. The van der Waals surface area contributed by atoms with E-state index in [9.17, 15) is 0 Å². The van der Waals surface area contributed by atoms with Gasteiger partial charge in [-0.05, 0) is 43.2 Å². The van der Waals surface area contributed by atoms with Crippen molar-refractivity contribution in [3.8, 4) is 22.4 Å². The first-order valence-corrected chi connectivity index (χ1v) is 9.16. The van der Waals surface area contributed by atoms with Crippen molar-refractivity contribution in [3.05, 3.63) is 65.6 Å². The van der Waals surface area contributed by atoms with Crippen LogP contribution in [0.1, 0.15) is 43.5 Å². The molecule has 2 aliphatic rings. The molecule has 24 heavy (non-hydrogen) atoms. The highest BCUT2D eigenvalue weighted by molar-refractivity contribution is 8.00. The van der Waals surface area contributed by atoms with Gasteiger partial charge in [-0.15, -0.1) is 11.8 Å². The van der Waals surface area contributed by atoms with E-state index in [2.05, 4.69) is 56.1 Å². The minimum absolute atomic E-state index is 0.00915. The average molecular weight is 330 g/mol. The zero-order chi connectivity index (χ0) is 16.5. The van der Waals surface area contributed by atoms with E-state index in [0.29, 0.717) is 5.92 Å². The Labute approximate surface area is 146 Å². The molecule has 0 N–H and O–H groups in total. The summed E-state index contributed by atoms with van der Waals surface area (Å²) in [6.07, 6.45) is 3.81. The van der Waals surface area contributed by atoms with Gasteiger partial charge >= 0.3 is 0 Å². The van der Waals surface area contributed by atoms with Gasteiger partial charge in [0, 0.05) is 39.9 Å². The highest BCUT2D eigenvalue weighted by Gasteiger charge is 2.38. The van der Waals surface area contributed by atoms with E-state index in [1.807, 2.05) is 30.2 Å². The van der Waals surface area contributed by atoms with Gasteiger partial charge in [0.25, 0.3) is 0 Å². The summed E-state index contributed by atoms with van der Waals surface area (Å²) < 4.78 is -0.00915. The highest BCUT2D eigenvalue weighted by Crippen LogP contribution is 2.57. The van der Waals surface area contributed by atoms with E-state index in [1.54, 1.807) is 0 Å². The SMILES string of the molecule is CC1c2cccnc2-c2ccc3c(c21)-c1cccnc1C(C)(C)S3. The van der Waals surface area contributed by atoms with Gasteiger partial charge < -0.3 is 0 Å². The van der Waals surface area contributed by atoms with Crippen molar-refractivity contribution in [3.63, 3.8) is 0 Å². The van der Waals surface area contributed by atoms with Crippen molar-refractivity contribution in [2.45, 2.75) is 36.3 Å². The van der Waals surface area contributed by atoms with Crippen LogP contribution < -0.4 is 0 Å². The molecule has 0 saturated carbocycles. The van der Waals surface area contributed by atoms with Gasteiger partial charge in [-0.1, -0.05) is 25.1 Å². The van der Waals surface area contributed by atoms with Crippen molar-refractivity contribution in [1.82, 2.24) is 9.97 Å². The van der Waals surface area contributed by atoms with Crippen molar-refractivity contribution >= 4 is 11.8 Å². The maximum absolute atomic E-state index is 4.73. The van der Waals surface area contributed by atoms with Gasteiger partial charge in [-0.25, -0.2) is 0 Å². The highest BCUT2D eigenvalue weighted by atomic mass is 32.2. The summed E-state index contributed by atoms with van der Waals surface area (Å²) in [6, 6.07) is 13.1. The molecule has 0 amide bonds. The summed E-state index contributed by atoms with van der Waals surface area (Å²) in [7, 11) is 0. The summed E-state index contributed by atoms with van der Waals surface area (Å²) >= 11 is 1.92. The fourth-order valence-corrected chi connectivity index (χ4v) is 5.44. The quantitative estimate of drug-likeness (QED) is 0.535. The molecule has 5 rings (SSSR count). The van der Waals surface area contributed by atoms with Crippen LogP contribution in [0, 0.1) is 0 Å². The monoisotopic (exact) mass is 330 g/mol. The van der Waals surface area contributed by atoms with Crippen LogP contribution in [-0.2, 0) is 4.75 Å². The van der Waals surface area contributed by atoms with E-state index in [1.165, 1.54) is 38.4 Å². The predicted octanol–water partition coefficient (Wildman–Crippen LogP) is 5.62. The Balaban J connectivity index is 1.86. The molecule has 3 heterocycles. The number of benzene rings is 1. The molecular weight excluding hydrogens is 312 g/mol. The minimum Gasteiger partial charge on any atom is -0.259 e. The van der Waals surface area contributed by atoms with E-state index < -0.39 is 0 Å². The second-order valence-electron chi connectivity index (χ2n) is 7.07. The molecule has 3 heteroatoms. The molecule has 0 radical (unpaired) electrons. The van der Waals surface area contributed by atoms with E-state index in [4.69, 9.17) is 4.98 Å². The maximum Gasteiger partial charge on any atom is 0.0743 e. The lowest BCUT2D eigenvalue weighted by Crippen LogP contribution is -2.20. The molecule has 118 valence electrons. The number of hydrogen-bond acceptors (Lipinski definition) is 3. The minimum atomic E-state index is -0.00915. The molecule has 0 saturated heterocycles.